The van der Waals surface area contributed by atoms with Gasteiger partial charge in [-0.05, 0) is 29.9 Å². The third-order valence-corrected chi connectivity index (χ3v) is 5.98. The number of rotatable bonds is 9. The molecule has 33 heavy (non-hydrogen) atoms. The zero-order chi connectivity index (χ0) is 23.5. The van der Waals surface area contributed by atoms with E-state index >= 15 is 0 Å². The van der Waals surface area contributed by atoms with Gasteiger partial charge in [0, 0.05) is 6.42 Å². The lowest BCUT2D eigenvalue weighted by molar-refractivity contribution is -0.147. The first-order valence-electron chi connectivity index (χ1n) is 11.5. The van der Waals surface area contributed by atoms with Crippen molar-refractivity contribution in [2.24, 2.45) is 5.92 Å². The number of ether oxygens (including phenoxy) is 2. The molecular formula is C26H32N2O5. The fourth-order valence-corrected chi connectivity index (χ4v) is 4.18. The molecule has 0 aliphatic heterocycles. The average molecular weight is 453 g/mol. The van der Waals surface area contributed by atoms with Crippen LogP contribution in [0.25, 0.3) is 0 Å². The van der Waals surface area contributed by atoms with Crippen LogP contribution in [0.2, 0.25) is 0 Å². The van der Waals surface area contributed by atoms with Crippen molar-refractivity contribution in [1.29, 1.82) is 0 Å². The molecule has 3 rings (SSSR count). The van der Waals surface area contributed by atoms with Gasteiger partial charge in [0.05, 0.1) is 7.11 Å². The minimum absolute atomic E-state index is 0.0255. The monoisotopic (exact) mass is 452 g/mol. The van der Waals surface area contributed by atoms with Gasteiger partial charge in [-0.3, -0.25) is 4.79 Å². The molecule has 0 spiro atoms. The third-order valence-electron chi connectivity index (χ3n) is 5.98. The summed E-state index contributed by atoms with van der Waals surface area (Å²) in [5, 5.41) is 5.53. The van der Waals surface area contributed by atoms with Crippen LogP contribution < -0.4 is 10.6 Å². The second-order valence-electron chi connectivity index (χ2n) is 8.36. The van der Waals surface area contributed by atoms with Crippen LogP contribution >= 0.6 is 0 Å². The number of methoxy groups -OCH3 is 1. The molecule has 176 valence electrons. The highest BCUT2D eigenvalue weighted by Gasteiger charge is 2.34. The van der Waals surface area contributed by atoms with E-state index in [1.807, 2.05) is 60.7 Å². The van der Waals surface area contributed by atoms with Crippen molar-refractivity contribution in [3.63, 3.8) is 0 Å². The number of benzene rings is 2. The lowest BCUT2D eigenvalue weighted by atomic mass is 9.83. The molecule has 2 amide bonds. The first-order chi connectivity index (χ1) is 16.1. The van der Waals surface area contributed by atoms with Gasteiger partial charge in [0.25, 0.3) is 0 Å². The number of nitrogens with one attached hydrogen (secondary N) is 2. The molecule has 0 saturated heterocycles. The van der Waals surface area contributed by atoms with Crippen LogP contribution in [-0.4, -0.2) is 37.2 Å². The highest BCUT2D eigenvalue weighted by atomic mass is 16.5. The predicted molar refractivity (Wildman–Crippen MR) is 124 cm³/mol. The fourth-order valence-electron chi connectivity index (χ4n) is 4.18. The van der Waals surface area contributed by atoms with Crippen molar-refractivity contribution in [1.82, 2.24) is 10.6 Å². The summed E-state index contributed by atoms with van der Waals surface area (Å²) in [6.45, 7) is 0.0964. The van der Waals surface area contributed by atoms with Gasteiger partial charge in [-0.2, -0.15) is 0 Å². The Labute approximate surface area is 194 Å². The third kappa shape index (κ3) is 7.63. The van der Waals surface area contributed by atoms with Crippen molar-refractivity contribution in [2.75, 3.05) is 7.11 Å². The first-order valence-corrected chi connectivity index (χ1v) is 11.5. The Hall–Kier alpha value is -3.35. The lowest BCUT2D eigenvalue weighted by Crippen LogP contribution is -2.55. The van der Waals surface area contributed by atoms with E-state index in [0.717, 1.165) is 43.2 Å². The fraction of sp³-hybridized carbons (Fsp3) is 0.423. The summed E-state index contributed by atoms with van der Waals surface area (Å²) in [5.74, 6) is -0.866. The summed E-state index contributed by atoms with van der Waals surface area (Å²) < 4.78 is 10.3. The number of carbonyl (C=O) groups is 3. The quantitative estimate of drug-likeness (QED) is 0.565. The van der Waals surface area contributed by atoms with Gasteiger partial charge in [0.1, 0.15) is 18.7 Å². The minimum atomic E-state index is -0.897. The van der Waals surface area contributed by atoms with Crippen molar-refractivity contribution in [3.8, 4) is 0 Å². The largest absolute Gasteiger partial charge is 0.467 e. The summed E-state index contributed by atoms with van der Waals surface area (Å²) in [7, 11) is 1.32. The van der Waals surface area contributed by atoms with E-state index in [0.29, 0.717) is 0 Å². The topological polar surface area (TPSA) is 93.7 Å². The molecule has 7 heteroatoms. The molecule has 0 heterocycles. The van der Waals surface area contributed by atoms with Gasteiger partial charge in [-0.1, -0.05) is 79.9 Å². The van der Waals surface area contributed by atoms with E-state index < -0.39 is 30.1 Å². The Balaban J connectivity index is 1.69. The maximum atomic E-state index is 13.2. The molecule has 1 aliphatic carbocycles. The molecule has 0 aromatic heterocycles. The number of esters is 1. The Morgan fingerprint density at radius 2 is 1.48 bits per heavy atom. The zero-order valence-electron chi connectivity index (χ0n) is 19.0. The number of amides is 2. The van der Waals surface area contributed by atoms with Crippen LogP contribution in [0.15, 0.2) is 60.7 Å². The van der Waals surface area contributed by atoms with Crippen molar-refractivity contribution in [2.45, 2.75) is 57.2 Å². The smallest absolute Gasteiger partial charge is 0.408 e. The van der Waals surface area contributed by atoms with Crippen LogP contribution in [0.1, 0.15) is 43.2 Å². The molecule has 0 unspecified atom stereocenters. The van der Waals surface area contributed by atoms with E-state index in [1.165, 1.54) is 7.11 Å². The highest BCUT2D eigenvalue weighted by Crippen LogP contribution is 2.27. The summed E-state index contributed by atoms with van der Waals surface area (Å²) in [6, 6.07) is 17.1. The van der Waals surface area contributed by atoms with E-state index in [2.05, 4.69) is 10.6 Å². The SMILES string of the molecule is COC(=O)[C@H](NC(=O)[C@@H](Cc1ccccc1)NC(=O)OCc1ccccc1)C1CCCCC1. The van der Waals surface area contributed by atoms with Crippen LogP contribution in [0.3, 0.4) is 0 Å². The first kappa shape index (κ1) is 24.3. The summed E-state index contributed by atoms with van der Waals surface area (Å²) in [4.78, 5) is 38.2. The highest BCUT2D eigenvalue weighted by molar-refractivity contribution is 5.90. The number of carbonyl (C=O) groups excluding carboxylic acids is 3. The van der Waals surface area contributed by atoms with Crippen molar-refractivity contribution in [3.05, 3.63) is 71.8 Å². The molecule has 2 atom stereocenters. The molecule has 0 bridgehead atoms. The van der Waals surface area contributed by atoms with E-state index in [-0.39, 0.29) is 18.9 Å². The Morgan fingerprint density at radius 3 is 2.09 bits per heavy atom. The summed E-state index contributed by atoms with van der Waals surface area (Å²) in [5.41, 5.74) is 1.73. The standard InChI is InChI=1S/C26H32N2O5/c1-32-25(30)23(21-15-9-4-10-16-21)28-24(29)22(17-19-11-5-2-6-12-19)27-26(31)33-18-20-13-7-3-8-14-20/h2-3,5-8,11-14,21-23H,4,9-10,15-18H2,1H3,(H,27,31)(H,28,29)/t22-,23-/m1/s1. The normalized spacial score (nSPS) is 15.7. The van der Waals surface area contributed by atoms with Crippen molar-refractivity contribution < 1.29 is 23.9 Å². The molecule has 1 aliphatic rings. The van der Waals surface area contributed by atoms with Gasteiger partial charge in [-0.25, -0.2) is 9.59 Å². The lowest BCUT2D eigenvalue weighted by Gasteiger charge is -2.30. The predicted octanol–water partition coefficient (Wildman–Crippen LogP) is 3.76. The van der Waals surface area contributed by atoms with Gasteiger partial charge >= 0.3 is 12.1 Å². The van der Waals surface area contributed by atoms with Gasteiger partial charge in [0.15, 0.2) is 0 Å². The van der Waals surface area contributed by atoms with Crippen LogP contribution in [0, 0.1) is 5.92 Å². The summed E-state index contributed by atoms with van der Waals surface area (Å²) >= 11 is 0. The Morgan fingerprint density at radius 1 is 0.879 bits per heavy atom. The Kier molecular flexibility index (Phi) is 9.30. The minimum Gasteiger partial charge on any atom is -0.467 e. The number of hydrogen-bond acceptors (Lipinski definition) is 5. The van der Waals surface area contributed by atoms with E-state index in [1.54, 1.807) is 0 Å². The van der Waals surface area contributed by atoms with Crippen LogP contribution in [0.4, 0.5) is 4.79 Å². The molecule has 0 radical (unpaired) electrons. The van der Waals surface area contributed by atoms with Gasteiger partial charge < -0.3 is 20.1 Å². The number of alkyl carbamates (subject to hydrolysis) is 1. The maximum Gasteiger partial charge on any atom is 0.408 e. The van der Waals surface area contributed by atoms with Crippen LogP contribution in [-0.2, 0) is 32.1 Å². The molecule has 7 nitrogen and oxygen atoms in total. The maximum absolute atomic E-state index is 13.2. The molecule has 1 saturated carbocycles. The van der Waals surface area contributed by atoms with Crippen LogP contribution in [0.5, 0.6) is 0 Å². The van der Waals surface area contributed by atoms with Crippen molar-refractivity contribution >= 4 is 18.0 Å². The molecular weight excluding hydrogens is 420 g/mol. The number of hydrogen-bond donors (Lipinski definition) is 2. The molecule has 2 aromatic carbocycles. The van der Waals surface area contributed by atoms with Gasteiger partial charge in [0.2, 0.25) is 5.91 Å². The average Bonchev–Trinajstić information content (AvgIpc) is 2.87. The summed E-state index contributed by atoms with van der Waals surface area (Å²) in [6.07, 6.45) is 4.46. The molecule has 2 aromatic rings. The molecule has 2 N–H and O–H groups in total. The zero-order valence-corrected chi connectivity index (χ0v) is 19.0. The Bertz CT molecular complexity index is 897. The van der Waals surface area contributed by atoms with Gasteiger partial charge in [-0.15, -0.1) is 0 Å². The molecule has 1 fully saturated rings. The van der Waals surface area contributed by atoms with E-state index in [9.17, 15) is 14.4 Å². The second-order valence-corrected chi connectivity index (χ2v) is 8.36. The second kappa shape index (κ2) is 12.6. The van der Waals surface area contributed by atoms with E-state index in [4.69, 9.17) is 9.47 Å².